The molecule has 112 valence electrons. The summed E-state index contributed by atoms with van der Waals surface area (Å²) < 4.78 is 16.3. The van der Waals surface area contributed by atoms with Crippen molar-refractivity contribution in [2.24, 2.45) is 11.8 Å². The van der Waals surface area contributed by atoms with Gasteiger partial charge in [-0.3, -0.25) is 9.59 Å². The number of fused-ring (bicyclic) bond motifs is 1. The van der Waals surface area contributed by atoms with Gasteiger partial charge in [0.15, 0.2) is 6.79 Å². The van der Waals surface area contributed by atoms with Crippen molar-refractivity contribution in [1.82, 2.24) is 0 Å². The van der Waals surface area contributed by atoms with E-state index < -0.39 is 11.3 Å². The minimum Gasteiger partial charge on any atom is -0.462 e. The minimum atomic E-state index is -0.678. The highest BCUT2D eigenvalue weighted by Gasteiger charge is 2.53. The molecule has 4 rings (SSSR count). The molecule has 2 saturated carbocycles. The Hall–Kier alpha value is -0.810. The zero-order chi connectivity index (χ0) is 14.3. The van der Waals surface area contributed by atoms with Gasteiger partial charge in [-0.25, -0.2) is 0 Å². The number of ether oxygens (including phenoxy) is 3. The summed E-state index contributed by atoms with van der Waals surface area (Å²) in [4.78, 5) is 23.2. The van der Waals surface area contributed by atoms with Crippen LogP contribution in [-0.2, 0) is 23.8 Å². The lowest BCUT2D eigenvalue weighted by Gasteiger charge is -2.45. The van der Waals surface area contributed by atoms with Crippen LogP contribution < -0.4 is 0 Å². The van der Waals surface area contributed by atoms with E-state index in [9.17, 15) is 9.59 Å². The lowest BCUT2D eigenvalue weighted by molar-refractivity contribution is -0.192. The number of carbonyl (C=O) groups is 2. The molecule has 20 heavy (non-hydrogen) atoms. The first kappa shape index (κ1) is 14.1. The molecule has 5 atom stereocenters. The SMILES string of the molecule is CC(Cl)C(=O)OCOC12CC3CC(C1)OC(=O)C(C3)C2. The Morgan fingerprint density at radius 1 is 1.45 bits per heavy atom. The highest BCUT2D eigenvalue weighted by atomic mass is 35.5. The van der Waals surface area contributed by atoms with E-state index in [2.05, 4.69) is 0 Å². The third-order valence-electron chi connectivity index (χ3n) is 4.60. The molecule has 0 amide bonds. The monoisotopic (exact) mass is 302 g/mol. The van der Waals surface area contributed by atoms with Crippen LogP contribution in [0.25, 0.3) is 0 Å². The van der Waals surface area contributed by atoms with Gasteiger partial charge in [0.05, 0.1) is 11.5 Å². The van der Waals surface area contributed by atoms with E-state index in [1.165, 1.54) is 0 Å². The molecule has 0 aromatic heterocycles. The average Bonchev–Trinajstić information content (AvgIpc) is 2.51. The van der Waals surface area contributed by atoms with Crippen molar-refractivity contribution in [1.29, 1.82) is 0 Å². The summed E-state index contributed by atoms with van der Waals surface area (Å²) in [7, 11) is 0. The number of halogens is 1. The molecule has 0 radical (unpaired) electrons. The van der Waals surface area contributed by atoms with Gasteiger partial charge in [-0.05, 0) is 38.5 Å². The fourth-order valence-electron chi connectivity index (χ4n) is 3.88. The van der Waals surface area contributed by atoms with E-state index in [4.69, 9.17) is 25.8 Å². The summed E-state index contributed by atoms with van der Waals surface area (Å²) in [5.41, 5.74) is -0.376. The minimum absolute atomic E-state index is 0.0450. The molecule has 4 aliphatic rings. The Kier molecular flexibility index (Phi) is 3.67. The van der Waals surface area contributed by atoms with E-state index >= 15 is 0 Å². The highest BCUT2D eigenvalue weighted by Crippen LogP contribution is 2.51. The van der Waals surface area contributed by atoms with Crippen molar-refractivity contribution >= 4 is 23.5 Å². The third kappa shape index (κ3) is 2.66. The van der Waals surface area contributed by atoms with Gasteiger partial charge in [0.25, 0.3) is 0 Å². The molecule has 0 N–H and O–H groups in total. The van der Waals surface area contributed by atoms with Crippen molar-refractivity contribution in [3.63, 3.8) is 0 Å². The average molecular weight is 303 g/mol. The van der Waals surface area contributed by atoms with E-state index in [-0.39, 0.29) is 30.4 Å². The van der Waals surface area contributed by atoms with Crippen LogP contribution >= 0.6 is 11.6 Å². The zero-order valence-electron chi connectivity index (χ0n) is 11.5. The smallest absolute Gasteiger partial charge is 0.325 e. The molecule has 2 heterocycles. The molecule has 5 nitrogen and oxygen atoms in total. The van der Waals surface area contributed by atoms with Crippen molar-refractivity contribution in [2.75, 3.05) is 6.79 Å². The van der Waals surface area contributed by atoms with Crippen molar-refractivity contribution in [3.8, 4) is 0 Å². The predicted octanol–water partition coefficient (Wildman–Crippen LogP) is 2.01. The molecule has 5 unspecified atom stereocenters. The number of alkyl halides is 1. The first-order chi connectivity index (χ1) is 9.47. The van der Waals surface area contributed by atoms with Crippen LogP contribution in [0.15, 0.2) is 0 Å². The van der Waals surface area contributed by atoms with E-state index in [0.717, 1.165) is 19.3 Å². The van der Waals surface area contributed by atoms with Gasteiger partial charge < -0.3 is 14.2 Å². The zero-order valence-corrected chi connectivity index (χ0v) is 12.2. The second kappa shape index (κ2) is 5.19. The molecule has 0 aromatic carbocycles. The normalized spacial score (nSPS) is 40.1. The second-order valence-corrected chi connectivity index (χ2v) is 6.88. The van der Waals surface area contributed by atoms with Crippen LogP contribution in [0.1, 0.15) is 39.0 Å². The lowest BCUT2D eigenvalue weighted by Crippen LogP contribution is -2.47. The van der Waals surface area contributed by atoms with E-state index in [1.807, 2.05) is 0 Å². The molecular formula is C14H19ClO5. The molecule has 6 heteroatoms. The fraction of sp³-hybridized carbons (Fsp3) is 0.857. The van der Waals surface area contributed by atoms with Crippen LogP contribution in [0.3, 0.4) is 0 Å². The summed E-state index contributed by atoms with van der Waals surface area (Å²) in [5, 5.41) is -0.678. The molecule has 4 fully saturated rings. The lowest BCUT2D eigenvalue weighted by atomic mass is 9.65. The standard InChI is InChI=1S/C14H19ClO5/c1-8(15)12(16)18-7-19-14-4-9-2-10(5-14)13(17)20-11(3-9)6-14/h8-11H,2-7H2,1H3. The molecule has 4 bridgehead atoms. The quantitative estimate of drug-likeness (QED) is 0.451. The Labute approximate surface area is 122 Å². The summed E-state index contributed by atoms with van der Waals surface area (Å²) in [5.74, 6) is -0.166. The Morgan fingerprint density at radius 2 is 2.25 bits per heavy atom. The van der Waals surface area contributed by atoms with Gasteiger partial charge in [0, 0.05) is 6.42 Å². The second-order valence-electron chi connectivity index (χ2n) is 6.23. The van der Waals surface area contributed by atoms with Gasteiger partial charge in [-0.1, -0.05) is 0 Å². The summed E-state index contributed by atoms with van der Waals surface area (Å²) in [6.45, 7) is 1.46. The fourth-order valence-corrected chi connectivity index (χ4v) is 3.94. The third-order valence-corrected chi connectivity index (χ3v) is 4.78. The number of hydrogen-bond acceptors (Lipinski definition) is 5. The van der Waals surface area contributed by atoms with Gasteiger partial charge in [0.1, 0.15) is 11.5 Å². The molecule has 0 spiro atoms. The number of esters is 2. The van der Waals surface area contributed by atoms with Crippen molar-refractivity contribution < 1.29 is 23.8 Å². The van der Waals surface area contributed by atoms with Crippen LogP contribution in [0.4, 0.5) is 0 Å². The number of hydrogen-bond donors (Lipinski definition) is 0. The first-order valence-corrected chi connectivity index (χ1v) is 7.56. The van der Waals surface area contributed by atoms with Gasteiger partial charge >= 0.3 is 11.9 Å². The summed E-state index contributed by atoms with van der Waals surface area (Å²) >= 11 is 5.63. The number of rotatable bonds is 4. The highest BCUT2D eigenvalue weighted by molar-refractivity contribution is 6.29. The maximum atomic E-state index is 11.9. The maximum absolute atomic E-state index is 11.9. The topological polar surface area (TPSA) is 61.8 Å². The summed E-state index contributed by atoms with van der Waals surface area (Å²) in [6.07, 6.45) is 4.10. The Morgan fingerprint density at radius 3 is 3.00 bits per heavy atom. The van der Waals surface area contributed by atoms with E-state index in [1.54, 1.807) is 6.92 Å². The van der Waals surface area contributed by atoms with E-state index in [0.29, 0.717) is 18.8 Å². The van der Waals surface area contributed by atoms with Gasteiger partial charge in [-0.2, -0.15) is 0 Å². The van der Waals surface area contributed by atoms with Crippen LogP contribution in [0.5, 0.6) is 0 Å². The molecule has 2 saturated heterocycles. The maximum Gasteiger partial charge on any atom is 0.325 e. The molecule has 2 aliphatic heterocycles. The number of carbonyl (C=O) groups excluding carboxylic acids is 2. The molecule has 2 aliphatic carbocycles. The van der Waals surface area contributed by atoms with Gasteiger partial charge in [-0.15, -0.1) is 11.6 Å². The molecular weight excluding hydrogens is 284 g/mol. The van der Waals surface area contributed by atoms with Crippen LogP contribution in [-0.4, -0.2) is 35.8 Å². The van der Waals surface area contributed by atoms with Crippen molar-refractivity contribution in [3.05, 3.63) is 0 Å². The predicted molar refractivity (Wildman–Crippen MR) is 70.0 cm³/mol. The van der Waals surface area contributed by atoms with Gasteiger partial charge in [0.2, 0.25) is 0 Å². The van der Waals surface area contributed by atoms with Crippen molar-refractivity contribution in [2.45, 2.75) is 56.1 Å². The van der Waals surface area contributed by atoms with Crippen LogP contribution in [0.2, 0.25) is 0 Å². The Bertz CT molecular complexity index is 424. The molecule has 0 aromatic rings. The first-order valence-electron chi connectivity index (χ1n) is 7.12. The Balaban J connectivity index is 1.64. The summed E-state index contributed by atoms with van der Waals surface area (Å²) in [6, 6.07) is 0. The largest absolute Gasteiger partial charge is 0.462 e. The van der Waals surface area contributed by atoms with Crippen LogP contribution in [0, 0.1) is 11.8 Å².